The van der Waals surface area contributed by atoms with Gasteiger partial charge in [-0.2, -0.15) is 4.31 Å². The molecule has 0 bridgehead atoms. The number of ether oxygens (including phenoxy) is 3. The van der Waals surface area contributed by atoms with E-state index in [1.165, 1.54) is 37.8 Å². The number of hydrogen-bond acceptors (Lipinski definition) is 6. The summed E-state index contributed by atoms with van der Waals surface area (Å²) in [5.74, 6) is 1.20. The number of sulfonamides is 1. The molecule has 0 radical (unpaired) electrons. The second-order valence-corrected chi connectivity index (χ2v) is 9.49. The van der Waals surface area contributed by atoms with Crippen molar-refractivity contribution in [2.75, 3.05) is 34.4 Å². The molecule has 2 aromatic rings. The molecular weight excluding hydrogens is 432 g/mol. The Kier molecular flexibility index (Phi) is 7.98. The Hall–Kier alpha value is -2.78. The highest BCUT2D eigenvalue weighted by Gasteiger charge is 2.26. The fourth-order valence-electron chi connectivity index (χ4n) is 3.74. The molecule has 0 atom stereocenters. The van der Waals surface area contributed by atoms with Crippen molar-refractivity contribution in [2.24, 2.45) is 0 Å². The first-order valence-corrected chi connectivity index (χ1v) is 12.0. The monoisotopic (exact) mass is 462 g/mol. The van der Waals surface area contributed by atoms with Gasteiger partial charge in [-0.3, -0.25) is 4.79 Å². The van der Waals surface area contributed by atoms with Gasteiger partial charge in [-0.05, 0) is 37.1 Å². The molecule has 0 aromatic heterocycles. The minimum Gasteiger partial charge on any atom is -0.496 e. The molecule has 174 valence electrons. The zero-order chi connectivity index (χ0) is 23.1. The maximum Gasteiger partial charge on any atom is 0.251 e. The van der Waals surface area contributed by atoms with E-state index in [4.69, 9.17) is 14.2 Å². The molecule has 8 nitrogen and oxygen atoms in total. The van der Waals surface area contributed by atoms with Gasteiger partial charge < -0.3 is 19.5 Å². The third-order valence-electron chi connectivity index (χ3n) is 5.53. The van der Waals surface area contributed by atoms with Gasteiger partial charge in [0.05, 0.1) is 26.2 Å². The van der Waals surface area contributed by atoms with Crippen LogP contribution in [0.15, 0.2) is 41.3 Å². The van der Waals surface area contributed by atoms with E-state index >= 15 is 0 Å². The van der Waals surface area contributed by atoms with Crippen molar-refractivity contribution in [2.45, 2.75) is 37.1 Å². The van der Waals surface area contributed by atoms with Crippen LogP contribution in [0.3, 0.4) is 0 Å². The summed E-state index contributed by atoms with van der Waals surface area (Å²) >= 11 is 0. The number of methoxy groups -OCH3 is 3. The van der Waals surface area contributed by atoms with E-state index in [0.717, 1.165) is 25.7 Å². The number of hydrogen-bond donors (Lipinski definition) is 1. The first-order chi connectivity index (χ1) is 15.4. The number of nitrogens with zero attached hydrogens (tertiary/aromatic N) is 1. The number of amides is 1. The van der Waals surface area contributed by atoms with Crippen LogP contribution in [0, 0.1) is 0 Å². The predicted molar refractivity (Wildman–Crippen MR) is 121 cm³/mol. The van der Waals surface area contributed by atoms with Crippen LogP contribution in [0.1, 0.15) is 41.6 Å². The first-order valence-electron chi connectivity index (χ1n) is 10.6. The SMILES string of the molecule is COc1cc(OC)c(OC)cc1CNC(=O)c1cccc(S(=O)(=O)N2CCCCCC2)c1. The number of benzene rings is 2. The Labute approximate surface area is 189 Å². The highest BCUT2D eigenvalue weighted by molar-refractivity contribution is 7.89. The zero-order valence-electron chi connectivity index (χ0n) is 18.7. The van der Waals surface area contributed by atoms with Crippen LogP contribution in [0.25, 0.3) is 0 Å². The van der Waals surface area contributed by atoms with E-state index in [1.807, 2.05) is 0 Å². The van der Waals surface area contributed by atoms with E-state index in [9.17, 15) is 13.2 Å². The molecule has 1 aliphatic heterocycles. The van der Waals surface area contributed by atoms with Gasteiger partial charge in [0, 0.05) is 36.8 Å². The van der Waals surface area contributed by atoms with Crippen molar-refractivity contribution in [3.05, 3.63) is 47.5 Å². The van der Waals surface area contributed by atoms with E-state index in [2.05, 4.69) is 5.32 Å². The van der Waals surface area contributed by atoms with Crippen LogP contribution in [-0.2, 0) is 16.6 Å². The average molecular weight is 463 g/mol. The largest absolute Gasteiger partial charge is 0.496 e. The van der Waals surface area contributed by atoms with Crippen LogP contribution in [0.5, 0.6) is 17.2 Å². The summed E-state index contributed by atoms with van der Waals surface area (Å²) in [7, 11) is 0.962. The highest BCUT2D eigenvalue weighted by Crippen LogP contribution is 2.34. The quantitative estimate of drug-likeness (QED) is 0.648. The van der Waals surface area contributed by atoms with Gasteiger partial charge in [-0.1, -0.05) is 18.9 Å². The first kappa shape index (κ1) is 23.9. The number of carbonyl (C=O) groups excluding carboxylic acids is 1. The Balaban J connectivity index is 1.77. The molecule has 1 N–H and O–H groups in total. The maximum atomic E-state index is 13.1. The molecule has 1 fully saturated rings. The van der Waals surface area contributed by atoms with Gasteiger partial charge >= 0.3 is 0 Å². The van der Waals surface area contributed by atoms with Crippen molar-refractivity contribution < 1.29 is 27.4 Å². The fraction of sp³-hybridized carbons (Fsp3) is 0.435. The van der Waals surface area contributed by atoms with Crippen molar-refractivity contribution >= 4 is 15.9 Å². The van der Waals surface area contributed by atoms with Crippen LogP contribution in [0.2, 0.25) is 0 Å². The van der Waals surface area contributed by atoms with E-state index in [-0.39, 0.29) is 22.9 Å². The normalized spacial score (nSPS) is 15.0. The van der Waals surface area contributed by atoms with Crippen LogP contribution in [0.4, 0.5) is 0 Å². The Morgan fingerprint density at radius 3 is 2.16 bits per heavy atom. The number of rotatable bonds is 8. The minimum atomic E-state index is -3.63. The molecule has 2 aromatic carbocycles. The van der Waals surface area contributed by atoms with Crippen LogP contribution >= 0.6 is 0 Å². The lowest BCUT2D eigenvalue weighted by Gasteiger charge is -2.20. The summed E-state index contributed by atoms with van der Waals surface area (Å²) in [4.78, 5) is 12.9. The second kappa shape index (κ2) is 10.7. The van der Waals surface area contributed by atoms with Crippen molar-refractivity contribution in [1.29, 1.82) is 0 Å². The molecule has 9 heteroatoms. The van der Waals surface area contributed by atoms with Gasteiger partial charge in [0.1, 0.15) is 5.75 Å². The van der Waals surface area contributed by atoms with Gasteiger partial charge in [0.25, 0.3) is 5.91 Å². The topological polar surface area (TPSA) is 94.2 Å². The van der Waals surface area contributed by atoms with Gasteiger partial charge in [-0.25, -0.2) is 8.42 Å². The summed E-state index contributed by atoms with van der Waals surface area (Å²) in [6, 6.07) is 9.59. The van der Waals surface area contributed by atoms with Crippen LogP contribution < -0.4 is 19.5 Å². The Morgan fingerprint density at radius 2 is 1.53 bits per heavy atom. The van der Waals surface area contributed by atoms with E-state index in [1.54, 1.807) is 24.3 Å². The standard InChI is InChI=1S/C23H30N2O6S/c1-29-20-15-22(31-3)21(30-2)14-18(20)16-24-23(26)17-9-8-10-19(13-17)32(27,28)25-11-6-4-5-7-12-25/h8-10,13-15H,4-7,11-12,16H2,1-3H3,(H,24,26). The lowest BCUT2D eigenvalue weighted by atomic mass is 10.1. The van der Waals surface area contributed by atoms with E-state index in [0.29, 0.717) is 35.9 Å². The lowest BCUT2D eigenvalue weighted by Crippen LogP contribution is -2.32. The van der Waals surface area contributed by atoms with Crippen molar-refractivity contribution in [1.82, 2.24) is 9.62 Å². The molecule has 1 amide bonds. The van der Waals surface area contributed by atoms with E-state index < -0.39 is 10.0 Å². The molecule has 3 rings (SSSR count). The smallest absolute Gasteiger partial charge is 0.251 e. The zero-order valence-corrected chi connectivity index (χ0v) is 19.5. The summed E-state index contributed by atoms with van der Waals surface area (Å²) in [5.41, 5.74) is 0.979. The third-order valence-corrected chi connectivity index (χ3v) is 7.42. The van der Waals surface area contributed by atoms with Crippen LogP contribution in [-0.4, -0.2) is 53.0 Å². The fourth-order valence-corrected chi connectivity index (χ4v) is 5.30. The average Bonchev–Trinajstić information content (AvgIpc) is 3.12. The summed E-state index contributed by atoms with van der Waals surface area (Å²) in [6.45, 7) is 1.20. The number of carbonyl (C=O) groups is 1. The molecule has 32 heavy (non-hydrogen) atoms. The summed E-state index contributed by atoms with van der Waals surface area (Å²) < 4.78 is 43.6. The number of nitrogens with one attached hydrogen (secondary N) is 1. The van der Waals surface area contributed by atoms with Crippen molar-refractivity contribution in [3.63, 3.8) is 0 Å². The van der Waals surface area contributed by atoms with Crippen molar-refractivity contribution in [3.8, 4) is 17.2 Å². The molecular formula is C23H30N2O6S. The molecule has 0 spiro atoms. The summed E-state index contributed by atoms with van der Waals surface area (Å²) in [5, 5.41) is 2.82. The lowest BCUT2D eigenvalue weighted by molar-refractivity contribution is 0.0950. The molecule has 0 unspecified atom stereocenters. The Morgan fingerprint density at radius 1 is 0.906 bits per heavy atom. The second-order valence-electron chi connectivity index (χ2n) is 7.55. The van der Waals surface area contributed by atoms with Gasteiger partial charge in [0.2, 0.25) is 10.0 Å². The highest BCUT2D eigenvalue weighted by atomic mass is 32.2. The Bertz CT molecular complexity index is 1050. The molecule has 0 aliphatic carbocycles. The van der Waals surface area contributed by atoms with Gasteiger partial charge in [-0.15, -0.1) is 0 Å². The third kappa shape index (κ3) is 5.34. The minimum absolute atomic E-state index is 0.135. The molecule has 0 saturated carbocycles. The molecule has 1 heterocycles. The molecule has 1 saturated heterocycles. The predicted octanol–water partition coefficient (Wildman–Crippen LogP) is 3.21. The van der Waals surface area contributed by atoms with Gasteiger partial charge in [0.15, 0.2) is 11.5 Å². The maximum absolute atomic E-state index is 13.1. The molecule has 1 aliphatic rings. The summed E-state index contributed by atoms with van der Waals surface area (Å²) in [6.07, 6.45) is 3.78.